The number of unbranched alkanes of at least 4 members (excludes halogenated alkanes) is 1. The minimum atomic E-state index is 0.553. The first-order valence-corrected chi connectivity index (χ1v) is 20.7. The summed E-state index contributed by atoms with van der Waals surface area (Å²) in [6.07, 6.45) is 3.51. The van der Waals surface area contributed by atoms with Crippen LogP contribution in [0, 0.1) is 0 Å². The molecule has 5 nitrogen and oxygen atoms in total. The maximum absolute atomic E-state index is 6.51. The average molecular weight is 773 g/mol. The Morgan fingerprint density at radius 2 is 1.03 bits per heavy atom. The van der Waals surface area contributed by atoms with Gasteiger partial charge in [-0.2, -0.15) is 9.97 Å². The zero-order valence-electron chi connectivity index (χ0n) is 33.2. The van der Waals surface area contributed by atoms with E-state index in [9.17, 15) is 0 Å². The van der Waals surface area contributed by atoms with E-state index in [1.807, 2.05) is 18.2 Å². The van der Waals surface area contributed by atoms with Crippen LogP contribution in [-0.4, -0.2) is 19.5 Å². The first-order chi connectivity index (χ1) is 29.7. The molecule has 0 atom stereocenters. The Morgan fingerprint density at radius 1 is 0.433 bits per heavy atom. The summed E-state index contributed by atoms with van der Waals surface area (Å²) in [4.78, 5) is 15.8. The largest absolute Gasteiger partial charge is 0.455 e. The number of furan rings is 1. The van der Waals surface area contributed by atoms with E-state index in [0.29, 0.717) is 17.6 Å². The van der Waals surface area contributed by atoms with Crippen molar-refractivity contribution in [3.05, 3.63) is 194 Å². The molecule has 11 aromatic rings. The van der Waals surface area contributed by atoms with Crippen molar-refractivity contribution in [2.24, 2.45) is 0 Å². The number of rotatable bonds is 9. The number of aromatic nitrogens is 4. The molecule has 0 unspecified atom stereocenters. The van der Waals surface area contributed by atoms with Gasteiger partial charge in [0.2, 0.25) is 5.95 Å². The Balaban J connectivity index is 1.09. The van der Waals surface area contributed by atoms with Gasteiger partial charge in [-0.15, -0.1) is 0 Å². The van der Waals surface area contributed by atoms with Gasteiger partial charge in [-0.25, -0.2) is 4.98 Å². The summed E-state index contributed by atoms with van der Waals surface area (Å²) in [6, 6.07) is 66.2. The number of hydrogen-bond donors (Lipinski definition) is 0. The minimum Gasteiger partial charge on any atom is -0.455 e. The lowest BCUT2D eigenvalue weighted by Gasteiger charge is -2.12. The Bertz CT molecular complexity index is 3340. The standard InChI is InChI=1S/C55H40N4O/c1-2-3-13-36-24-26-38(27-25-36)39-28-30-40(31-29-39)53-56-54(43-17-11-16-41(34-43)37-14-5-4-6-15-37)58-55(57-53)59-49-22-9-7-18-45(49)46-33-32-42(35-50(46)59)44-20-12-21-48-47-19-8-10-23-51(47)60-52(44)48/h4-12,14-35H,2-3,13H2,1H3. The van der Waals surface area contributed by atoms with E-state index in [1.165, 1.54) is 24.0 Å². The zero-order valence-corrected chi connectivity index (χ0v) is 33.2. The summed E-state index contributed by atoms with van der Waals surface area (Å²) >= 11 is 0. The van der Waals surface area contributed by atoms with Gasteiger partial charge in [0, 0.05) is 38.2 Å². The molecule has 0 amide bonds. The lowest BCUT2D eigenvalue weighted by Crippen LogP contribution is -2.06. The molecular formula is C55H40N4O. The first-order valence-electron chi connectivity index (χ1n) is 20.7. The topological polar surface area (TPSA) is 56.7 Å². The summed E-state index contributed by atoms with van der Waals surface area (Å²) in [7, 11) is 0. The van der Waals surface area contributed by atoms with E-state index < -0.39 is 0 Å². The summed E-state index contributed by atoms with van der Waals surface area (Å²) in [5.74, 6) is 1.77. The summed E-state index contributed by atoms with van der Waals surface area (Å²) in [6.45, 7) is 2.24. The lowest BCUT2D eigenvalue weighted by atomic mass is 10.0. The predicted molar refractivity (Wildman–Crippen MR) is 247 cm³/mol. The van der Waals surface area contributed by atoms with Gasteiger partial charge in [0.1, 0.15) is 11.2 Å². The Hall–Kier alpha value is -7.63. The van der Waals surface area contributed by atoms with Crippen LogP contribution in [0.15, 0.2) is 192 Å². The van der Waals surface area contributed by atoms with Crippen molar-refractivity contribution in [3.63, 3.8) is 0 Å². The molecule has 8 aromatic carbocycles. The van der Waals surface area contributed by atoms with Crippen LogP contribution >= 0.6 is 0 Å². The fraction of sp³-hybridized carbons (Fsp3) is 0.0727. The molecule has 11 rings (SSSR count). The van der Waals surface area contributed by atoms with Crippen LogP contribution in [0.1, 0.15) is 25.3 Å². The van der Waals surface area contributed by atoms with Gasteiger partial charge >= 0.3 is 0 Å². The monoisotopic (exact) mass is 772 g/mol. The molecule has 0 radical (unpaired) electrons. The van der Waals surface area contributed by atoms with Crippen LogP contribution < -0.4 is 0 Å². The van der Waals surface area contributed by atoms with Crippen molar-refractivity contribution in [1.29, 1.82) is 0 Å². The molecule has 0 saturated carbocycles. The molecule has 286 valence electrons. The van der Waals surface area contributed by atoms with Crippen LogP contribution in [0.3, 0.4) is 0 Å². The van der Waals surface area contributed by atoms with Gasteiger partial charge in [0.25, 0.3) is 0 Å². The lowest BCUT2D eigenvalue weighted by molar-refractivity contribution is 0.670. The summed E-state index contributed by atoms with van der Waals surface area (Å²) in [5, 5.41) is 4.45. The van der Waals surface area contributed by atoms with Gasteiger partial charge in [-0.05, 0) is 70.5 Å². The summed E-state index contributed by atoms with van der Waals surface area (Å²) < 4.78 is 8.70. The summed E-state index contributed by atoms with van der Waals surface area (Å²) in [5.41, 5.74) is 13.7. The number of fused-ring (bicyclic) bond motifs is 6. The maximum atomic E-state index is 6.51. The number of hydrogen-bond acceptors (Lipinski definition) is 4. The van der Waals surface area contributed by atoms with Crippen molar-refractivity contribution >= 4 is 43.7 Å². The van der Waals surface area contributed by atoms with E-state index in [1.54, 1.807) is 0 Å². The highest BCUT2D eigenvalue weighted by molar-refractivity contribution is 6.12. The molecule has 0 saturated heterocycles. The highest BCUT2D eigenvalue weighted by Crippen LogP contribution is 2.39. The maximum Gasteiger partial charge on any atom is 0.238 e. The van der Waals surface area contributed by atoms with Gasteiger partial charge in [-0.1, -0.05) is 177 Å². The molecule has 0 N–H and O–H groups in total. The third kappa shape index (κ3) is 6.32. The normalized spacial score (nSPS) is 11.6. The molecule has 3 heterocycles. The van der Waals surface area contributed by atoms with Crippen molar-refractivity contribution < 1.29 is 4.42 Å². The Morgan fingerprint density at radius 3 is 1.85 bits per heavy atom. The second-order valence-corrected chi connectivity index (χ2v) is 15.5. The van der Waals surface area contributed by atoms with E-state index in [4.69, 9.17) is 19.4 Å². The van der Waals surface area contributed by atoms with Crippen LogP contribution in [0.5, 0.6) is 0 Å². The fourth-order valence-corrected chi connectivity index (χ4v) is 8.58. The molecule has 3 aromatic heterocycles. The number of benzene rings is 8. The van der Waals surface area contributed by atoms with Gasteiger partial charge in [-0.3, -0.25) is 4.57 Å². The molecule has 0 fully saturated rings. The highest BCUT2D eigenvalue weighted by atomic mass is 16.3. The second kappa shape index (κ2) is 14.9. The number of aryl methyl sites for hydroxylation is 1. The molecule has 0 spiro atoms. The van der Waals surface area contributed by atoms with Gasteiger partial charge in [0.15, 0.2) is 11.6 Å². The minimum absolute atomic E-state index is 0.553. The van der Waals surface area contributed by atoms with E-state index >= 15 is 0 Å². The van der Waals surface area contributed by atoms with Gasteiger partial charge < -0.3 is 4.42 Å². The predicted octanol–water partition coefficient (Wildman–Crippen LogP) is 14.5. The van der Waals surface area contributed by atoms with Crippen molar-refractivity contribution in [1.82, 2.24) is 19.5 Å². The highest BCUT2D eigenvalue weighted by Gasteiger charge is 2.20. The number of nitrogens with zero attached hydrogens (tertiary/aromatic N) is 4. The molecular weight excluding hydrogens is 733 g/mol. The van der Waals surface area contributed by atoms with Crippen LogP contribution in [0.4, 0.5) is 0 Å². The van der Waals surface area contributed by atoms with Crippen molar-refractivity contribution in [2.75, 3.05) is 0 Å². The Labute approximate surface area is 348 Å². The average Bonchev–Trinajstić information content (AvgIpc) is 3.87. The molecule has 0 aliphatic carbocycles. The smallest absolute Gasteiger partial charge is 0.238 e. The molecule has 5 heteroatoms. The molecule has 0 bridgehead atoms. The first kappa shape index (κ1) is 35.5. The van der Waals surface area contributed by atoms with Crippen LogP contribution in [0.2, 0.25) is 0 Å². The molecule has 0 aliphatic rings. The van der Waals surface area contributed by atoms with Crippen LogP contribution in [0.25, 0.3) is 106 Å². The van der Waals surface area contributed by atoms with E-state index in [2.05, 4.69) is 181 Å². The van der Waals surface area contributed by atoms with Gasteiger partial charge in [0.05, 0.1) is 11.0 Å². The molecule has 0 aliphatic heterocycles. The van der Waals surface area contributed by atoms with E-state index in [-0.39, 0.29) is 0 Å². The van der Waals surface area contributed by atoms with Crippen molar-refractivity contribution in [3.8, 4) is 62.1 Å². The number of para-hydroxylation sites is 3. The fourth-order valence-electron chi connectivity index (χ4n) is 8.58. The third-order valence-electron chi connectivity index (χ3n) is 11.7. The SMILES string of the molecule is CCCCc1ccc(-c2ccc(-c3nc(-c4cccc(-c5ccccc5)c4)nc(-n4c5ccccc5c5ccc(-c6cccc7c6oc6ccccc67)cc54)n3)cc2)cc1. The second-order valence-electron chi connectivity index (χ2n) is 15.5. The van der Waals surface area contributed by atoms with Crippen molar-refractivity contribution in [2.45, 2.75) is 26.2 Å². The zero-order chi connectivity index (χ0) is 40.0. The molecule has 60 heavy (non-hydrogen) atoms. The van der Waals surface area contributed by atoms with Crippen LogP contribution in [-0.2, 0) is 6.42 Å². The van der Waals surface area contributed by atoms with E-state index in [0.717, 1.165) is 89.1 Å². The Kier molecular flexibility index (Phi) is 8.85. The quantitative estimate of drug-likeness (QED) is 0.147. The third-order valence-corrected chi connectivity index (χ3v) is 11.7.